The standard InChI is InChI=1S/C16H10N2OS2/c19-15-11-8-4-5-9-12(11)18-14(17-15)13(21-16(18)20)10-6-2-1-3-7-10/h1-9H,(H,17,19). The monoisotopic (exact) mass is 310 g/mol. The van der Waals surface area contributed by atoms with Gasteiger partial charge in [-0.25, -0.2) is 0 Å². The molecule has 0 bridgehead atoms. The largest absolute Gasteiger partial charge is 0.306 e. The quantitative estimate of drug-likeness (QED) is 0.534. The molecule has 21 heavy (non-hydrogen) atoms. The fourth-order valence-electron chi connectivity index (χ4n) is 2.53. The smallest absolute Gasteiger partial charge is 0.258 e. The first kappa shape index (κ1) is 12.5. The predicted octanol–water partition coefficient (Wildman–Crippen LogP) is 4.24. The van der Waals surface area contributed by atoms with Gasteiger partial charge in [0.05, 0.1) is 15.8 Å². The zero-order chi connectivity index (χ0) is 14.4. The second-order valence-corrected chi connectivity index (χ2v) is 6.36. The molecule has 0 saturated carbocycles. The molecule has 5 heteroatoms. The maximum Gasteiger partial charge on any atom is 0.258 e. The van der Waals surface area contributed by atoms with Crippen LogP contribution in [-0.4, -0.2) is 9.38 Å². The van der Waals surface area contributed by atoms with Crippen molar-refractivity contribution in [1.29, 1.82) is 0 Å². The van der Waals surface area contributed by atoms with Gasteiger partial charge in [0.25, 0.3) is 5.56 Å². The van der Waals surface area contributed by atoms with Crippen LogP contribution in [0.25, 0.3) is 27.0 Å². The molecule has 0 aliphatic heterocycles. The van der Waals surface area contributed by atoms with Crippen LogP contribution in [-0.2, 0) is 0 Å². The molecule has 4 rings (SSSR count). The molecule has 0 aliphatic carbocycles. The number of rotatable bonds is 1. The van der Waals surface area contributed by atoms with Crippen molar-refractivity contribution in [2.24, 2.45) is 0 Å². The minimum atomic E-state index is -0.0874. The second-order valence-electron chi connectivity index (χ2n) is 4.72. The Morgan fingerprint density at radius 3 is 2.52 bits per heavy atom. The lowest BCUT2D eigenvalue weighted by Crippen LogP contribution is -2.09. The average Bonchev–Trinajstić information content (AvgIpc) is 2.85. The van der Waals surface area contributed by atoms with E-state index in [9.17, 15) is 4.79 Å². The van der Waals surface area contributed by atoms with Gasteiger partial charge in [0, 0.05) is 0 Å². The molecule has 0 amide bonds. The lowest BCUT2D eigenvalue weighted by atomic mass is 10.2. The minimum absolute atomic E-state index is 0.0874. The Kier molecular flexibility index (Phi) is 2.77. The Labute approximate surface area is 129 Å². The van der Waals surface area contributed by atoms with Crippen molar-refractivity contribution in [3.05, 3.63) is 68.9 Å². The number of nitrogens with zero attached hydrogens (tertiary/aromatic N) is 1. The Morgan fingerprint density at radius 2 is 1.71 bits per heavy atom. The van der Waals surface area contributed by atoms with Crippen molar-refractivity contribution in [3.8, 4) is 10.4 Å². The third-order valence-electron chi connectivity index (χ3n) is 3.47. The maximum atomic E-state index is 12.3. The normalized spacial score (nSPS) is 11.2. The molecule has 1 N–H and O–H groups in total. The number of aromatic amines is 1. The zero-order valence-electron chi connectivity index (χ0n) is 10.9. The molecule has 0 saturated heterocycles. The van der Waals surface area contributed by atoms with E-state index < -0.39 is 0 Å². The molecule has 2 aromatic carbocycles. The van der Waals surface area contributed by atoms with Gasteiger partial charge in [-0.1, -0.05) is 42.5 Å². The van der Waals surface area contributed by atoms with E-state index in [4.69, 9.17) is 12.2 Å². The van der Waals surface area contributed by atoms with E-state index in [1.54, 1.807) is 0 Å². The molecule has 2 heterocycles. The lowest BCUT2D eigenvalue weighted by Gasteiger charge is -2.03. The molecule has 0 unspecified atom stereocenters. The molecule has 4 aromatic rings. The number of hydrogen-bond acceptors (Lipinski definition) is 3. The van der Waals surface area contributed by atoms with Gasteiger partial charge in [0.2, 0.25) is 0 Å². The predicted molar refractivity (Wildman–Crippen MR) is 89.7 cm³/mol. The Hall–Kier alpha value is -2.24. The summed E-state index contributed by atoms with van der Waals surface area (Å²) in [6.45, 7) is 0. The van der Waals surface area contributed by atoms with Crippen LogP contribution in [0, 0.1) is 3.95 Å². The first-order valence-electron chi connectivity index (χ1n) is 6.48. The van der Waals surface area contributed by atoms with E-state index in [0.29, 0.717) is 5.39 Å². The van der Waals surface area contributed by atoms with Crippen molar-refractivity contribution >= 4 is 40.1 Å². The first-order chi connectivity index (χ1) is 10.3. The van der Waals surface area contributed by atoms with Crippen LogP contribution < -0.4 is 5.56 Å². The van der Waals surface area contributed by atoms with Gasteiger partial charge in [-0.05, 0) is 29.9 Å². The summed E-state index contributed by atoms with van der Waals surface area (Å²) in [5.41, 5.74) is 2.58. The Balaban J connectivity index is 2.23. The molecular weight excluding hydrogens is 300 g/mol. The minimum Gasteiger partial charge on any atom is -0.306 e. The molecule has 0 fully saturated rings. The number of hydrogen-bond donors (Lipinski definition) is 1. The van der Waals surface area contributed by atoms with Gasteiger partial charge < -0.3 is 4.98 Å². The summed E-state index contributed by atoms with van der Waals surface area (Å²) in [6, 6.07) is 17.5. The molecule has 3 nitrogen and oxygen atoms in total. The lowest BCUT2D eigenvalue weighted by molar-refractivity contribution is 1.16. The number of benzene rings is 2. The third kappa shape index (κ3) is 1.86. The number of nitrogens with one attached hydrogen (secondary N) is 1. The molecule has 0 aliphatic rings. The molecule has 102 valence electrons. The summed E-state index contributed by atoms with van der Waals surface area (Å²) in [6.07, 6.45) is 0. The van der Waals surface area contributed by atoms with Crippen molar-refractivity contribution in [2.75, 3.05) is 0 Å². The number of aromatic nitrogens is 2. The van der Waals surface area contributed by atoms with E-state index in [2.05, 4.69) is 4.98 Å². The van der Waals surface area contributed by atoms with E-state index in [1.165, 1.54) is 11.3 Å². The van der Waals surface area contributed by atoms with E-state index in [0.717, 1.165) is 25.6 Å². The van der Waals surface area contributed by atoms with E-state index in [1.807, 2.05) is 59.0 Å². The Morgan fingerprint density at radius 1 is 1.00 bits per heavy atom. The highest BCUT2D eigenvalue weighted by Crippen LogP contribution is 2.31. The molecule has 0 radical (unpaired) electrons. The third-order valence-corrected chi connectivity index (χ3v) is 4.89. The topological polar surface area (TPSA) is 37.3 Å². The highest BCUT2D eigenvalue weighted by atomic mass is 32.1. The van der Waals surface area contributed by atoms with Crippen LogP contribution >= 0.6 is 23.6 Å². The molecule has 0 spiro atoms. The summed E-state index contributed by atoms with van der Waals surface area (Å²) in [5.74, 6) is 0. The Bertz CT molecular complexity index is 1070. The number of thiazole rings is 1. The first-order valence-corrected chi connectivity index (χ1v) is 7.70. The average molecular weight is 310 g/mol. The van der Waals surface area contributed by atoms with Gasteiger partial charge >= 0.3 is 0 Å². The highest BCUT2D eigenvalue weighted by molar-refractivity contribution is 7.73. The zero-order valence-corrected chi connectivity index (χ0v) is 12.5. The van der Waals surface area contributed by atoms with Crippen LogP contribution in [0.3, 0.4) is 0 Å². The summed E-state index contributed by atoms with van der Waals surface area (Å²) in [7, 11) is 0. The van der Waals surface area contributed by atoms with E-state index >= 15 is 0 Å². The van der Waals surface area contributed by atoms with Crippen LogP contribution in [0.5, 0.6) is 0 Å². The van der Waals surface area contributed by atoms with Gasteiger partial charge in [-0.2, -0.15) is 0 Å². The van der Waals surface area contributed by atoms with E-state index in [-0.39, 0.29) is 5.56 Å². The van der Waals surface area contributed by atoms with Crippen molar-refractivity contribution in [3.63, 3.8) is 0 Å². The molecule has 0 atom stereocenters. The summed E-state index contributed by atoms with van der Waals surface area (Å²) in [5, 5.41) is 0.651. The number of fused-ring (bicyclic) bond motifs is 3. The maximum absolute atomic E-state index is 12.3. The fourth-order valence-corrected chi connectivity index (χ4v) is 3.91. The van der Waals surface area contributed by atoms with Crippen molar-refractivity contribution in [1.82, 2.24) is 9.38 Å². The molecule has 2 aromatic heterocycles. The SMILES string of the molecule is O=c1[nH]c2c(-c3ccccc3)sc(=S)n2c2ccccc12. The summed E-state index contributed by atoms with van der Waals surface area (Å²) >= 11 is 7.02. The summed E-state index contributed by atoms with van der Waals surface area (Å²) < 4.78 is 2.68. The number of para-hydroxylation sites is 1. The van der Waals surface area contributed by atoms with Gasteiger partial charge in [-0.15, -0.1) is 11.3 Å². The van der Waals surface area contributed by atoms with Crippen LogP contribution in [0.4, 0.5) is 0 Å². The van der Waals surface area contributed by atoms with Crippen LogP contribution in [0.15, 0.2) is 59.4 Å². The highest BCUT2D eigenvalue weighted by Gasteiger charge is 2.12. The van der Waals surface area contributed by atoms with Crippen molar-refractivity contribution in [2.45, 2.75) is 0 Å². The number of H-pyrrole nitrogens is 1. The fraction of sp³-hybridized carbons (Fsp3) is 0. The molecular formula is C16H10N2OS2. The van der Waals surface area contributed by atoms with Crippen LogP contribution in [0.1, 0.15) is 0 Å². The second kappa shape index (κ2) is 4.65. The van der Waals surface area contributed by atoms with Gasteiger partial charge in [-0.3, -0.25) is 9.20 Å². The summed E-state index contributed by atoms with van der Waals surface area (Å²) in [4.78, 5) is 16.2. The van der Waals surface area contributed by atoms with Gasteiger partial charge in [0.15, 0.2) is 3.95 Å². The van der Waals surface area contributed by atoms with Gasteiger partial charge in [0.1, 0.15) is 5.65 Å². The van der Waals surface area contributed by atoms with Crippen LogP contribution in [0.2, 0.25) is 0 Å². The van der Waals surface area contributed by atoms with Crippen molar-refractivity contribution < 1.29 is 0 Å².